The maximum absolute atomic E-state index is 11.5. The summed E-state index contributed by atoms with van der Waals surface area (Å²) in [4.78, 5) is 23.0. The molecule has 0 aromatic heterocycles. The van der Waals surface area contributed by atoms with Crippen molar-refractivity contribution in [3.05, 3.63) is 0 Å². The van der Waals surface area contributed by atoms with Crippen LogP contribution < -0.4 is 0 Å². The molecule has 118 valence electrons. The first-order valence-corrected chi connectivity index (χ1v) is 7.99. The van der Waals surface area contributed by atoms with Gasteiger partial charge in [0.25, 0.3) is 0 Å². The van der Waals surface area contributed by atoms with E-state index in [-0.39, 0.29) is 11.9 Å². The van der Waals surface area contributed by atoms with Gasteiger partial charge < -0.3 is 9.47 Å². The minimum absolute atomic E-state index is 0.285. The summed E-state index contributed by atoms with van der Waals surface area (Å²) in [5.41, 5.74) is 0. The first-order valence-electron chi connectivity index (χ1n) is 7.99. The normalized spacial score (nSPS) is 10.6. The van der Waals surface area contributed by atoms with Crippen molar-refractivity contribution in [1.29, 1.82) is 0 Å². The molecule has 0 N–H and O–H groups in total. The van der Waals surface area contributed by atoms with Crippen LogP contribution in [0.4, 0.5) is 0 Å². The van der Waals surface area contributed by atoms with Gasteiger partial charge in [0, 0.05) is 19.8 Å². The van der Waals surface area contributed by atoms with Gasteiger partial charge in [0.05, 0.1) is 0 Å². The van der Waals surface area contributed by atoms with Crippen molar-refractivity contribution in [2.75, 3.05) is 0 Å². The largest absolute Gasteiger partial charge is 0.425 e. The first-order chi connectivity index (χ1) is 9.60. The Balaban J connectivity index is 3.61. The summed E-state index contributed by atoms with van der Waals surface area (Å²) in [6.07, 6.45) is 8.33. The molecule has 0 aliphatic heterocycles. The van der Waals surface area contributed by atoms with Crippen LogP contribution in [0.1, 0.15) is 85.0 Å². The van der Waals surface area contributed by atoms with Gasteiger partial charge in [-0.25, -0.2) is 0 Å². The van der Waals surface area contributed by atoms with Gasteiger partial charge >= 0.3 is 11.9 Å². The van der Waals surface area contributed by atoms with E-state index in [0.717, 1.165) is 51.4 Å². The number of hydrogen-bond donors (Lipinski definition) is 0. The highest BCUT2D eigenvalue weighted by molar-refractivity contribution is 5.71. The fourth-order valence-electron chi connectivity index (χ4n) is 1.90. The molecule has 0 amide bonds. The van der Waals surface area contributed by atoms with Gasteiger partial charge in [-0.05, 0) is 12.8 Å². The summed E-state index contributed by atoms with van der Waals surface area (Å²) in [6, 6.07) is 0. The SMILES string of the molecule is CCCCCCC(=O)OC(C)OC(=O)CCCCCC. The Bertz CT molecular complexity index is 237. The molecule has 20 heavy (non-hydrogen) atoms. The summed E-state index contributed by atoms with van der Waals surface area (Å²) < 4.78 is 10.1. The van der Waals surface area contributed by atoms with Crippen molar-refractivity contribution in [3.63, 3.8) is 0 Å². The second-order valence-corrected chi connectivity index (χ2v) is 5.17. The van der Waals surface area contributed by atoms with Crippen LogP contribution in [-0.2, 0) is 19.1 Å². The molecule has 0 bridgehead atoms. The zero-order valence-electron chi connectivity index (χ0n) is 13.3. The summed E-state index contributed by atoms with van der Waals surface area (Å²) in [5.74, 6) is -0.570. The summed E-state index contributed by atoms with van der Waals surface area (Å²) in [5, 5.41) is 0. The predicted octanol–water partition coefficient (Wildman–Crippen LogP) is 4.36. The second-order valence-electron chi connectivity index (χ2n) is 5.17. The molecule has 0 fully saturated rings. The highest BCUT2D eigenvalue weighted by atomic mass is 16.7. The highest BCUT2D eigenvalue weighted by Crippen LogP contribution is 2.08. The molecule has 0 rings (SSSR count). The molecule has 0 unspecified atom stereocenters. The van der Waals surface area contributed by atoms with E-state index >= 15 is 0 Å². The molecule has 0 spiro atoms. The van der Waals surface area contributed by atoms with Crippen molar-refractivity contribution >= 4 is 11.9 Å². The molecule has 0 aromatic carbocycles. The first kappa shape index (κ1) is 18.9. The van der Waals surface area contributed by atoms with E-state index in [0.29, 0.717) is 12.8 Å². The number of unbranched alkanes of at least 4 members (excludes halogenated alkanes) is 6. The third-order valence-electron chi connectivity index (χ3n) is 3.06. The Kier molecular flexibility index (Phi) is 12.3. The molecule has 0 atom stereocenters. The van der Waals surface area contributed by atoms with Crippen LogP contribution in [0.2, 0.25) is 0 Å². The molecule has 0 aromatic rings. The lowest BCUT2D eigenvalue weighted by Gasteiger charge is -2.14. The Morgan fingerprint density at radius 1 is 0.750 bits per heavy atom. The predicted molar refractivity (Wildman–Crippen MR) is 79.2 cm³/mol. The number of ether oxygens (including phenoxy) is 2. The molecule has 0 radical (unpaired) electrons. The summed E-state index contributed by atoms with van der Waals surface area (Å²) in [7, 11) is 0. The fourth-order valence-corrected chi connectivity index (χ4v) is 1.90. The lowest BCUT2D eigenvalue weighted by molar-refractivity contribution is -0.184. The minimum atomic E-state index is -0.771. The third-order valence-corrected chi connectivity index (χ3v) is 3.06. The van der Waals surface area contributed by atoms with E-state index in [9.17, 15) is 9.59 Å². The van der Waals surface area contributed by atoms with Gasteiger partial charge in [0.15, 0.2) is 0 Å². The number of carbonyl (C=O) groups is 2. The molecule has 0 heterocycles. The van der Waals surface area contributed by atoms with E-state index < -0.39 is 6.29 Å². The second kappa shape index (κ2) is 12.9. The number of esters is 2. The van der Waals surface area contributed by atoms with Crippen LogP contribution in [0, 0.1) is 0 Å². The Morgan fingerprint density at radius 2 is 1.15 bits per heavy atom. The van der Waals surface area contributed by atoms with Crippen molar-refractivity contribution in [2.24, 2.45) is 0 Å². The standard InChI is InChI=1S/C16H30O4/c1-4-6-8-10-12-15(17)19-14(3)20-16(18)13-11-9-7-5-2/h14H,4-13H2,1-3H3. The average Bonchev–Trinajstić information content (AvgIpc) is 2.39. The maximum atomic E-state index is 11.5. The lowest BCUT2D eigenvalue weighted by Crippen LogP contribution is -2.21. The van der Waals surface area contributed by atoms with E-state index in [2.05, 4.69) is 13.8 Å². The van der Waals surface area contributed by atoms with Gasteiger partial charge in [-0.3, -0.25) is 9.59 Å². The summed E-state index contributed by atoms with van der Waals surface area (Å²) >= 11 is 0. The molecule has 0 aliphatic rings. The van der Waals surface area contributed by atoms with Crippen molar-refractivity contribution in [2.45, 2.75) is 91.3 Å². The van der Waals surface area contributed by atoms with Crippen LogP contribution in [0.25, 0.3) is 0 Å². The Labute approximate surface area is 123 Å². The van der Waals surface area contributed by atoms with Crippen LogP contribution in [0.3, 0.4) is 0 Å². The van der Waals surface area contributed by atoms with E-state index in [1.165, 1.54) is 0 Å². The zero-order chi connectivity index (χ0) is 15.2. The van der Waals surface area contributed by atoms with Crippen molar-refractivity contribution in [3.8, 4) is 0 Å². The zero-order valence-corrected chi connectivity index (χ0v) is 13.3. The van der Waals surface area contributed by atoms with Gasteiger partial charge in [-0.15, -0.1) is 0 Å². The summed E-state index contributed by atoms with van der Waals surface area (Å²) in [6.45, 7) is 5.84. The highest BCUT2D eigenvalue weighted by Gasteiger charge is 2.13. The molecular formula is C16H30O4. The van der Waals surface area contributed by atoms with Crippen LogP contribution in [0.15, 0.2) is 0 Å². The minimum Gasteiger partial charge on any atom is -0.425 e. The quantitative estimate of drug-likeness (QED) is 0.304. The molecule has 4 nitrogen and oxygen atoms in total. The number of rotatable bonds is 12. The Hall–Kier alpha value is -1.06. The fraction of sp³-hybridized carbons (Fsp3) is 0.875. The number of carbonyl (C=O) groups excluding carboxylic acids is 2. The van der Waals surface area contributed by atoms with Gasteiger partial charge in [-0.2, -0.15) is 0 Å². The van der Waals surface area contributed by atoms with Crippen LogP contribution in [0.5, 0.6) is 0 Å². The van der Waals surface area contributed by atoms with Gasteiger partial charge in [0.1, 0.15) is 0 Å². The number of hydrogen-bond acceptors (Lipinski definition) is 4. The molecule has 4 heteroatoms. The Morgan fingerprint density at radius 3 is 1.50 bits per heavy atom. The molecule has 0 aliphatic carbocycles. The molecule has 0 saturated heterocycles. The van der Waals surface area contributed by atoms with Crippen molar-refractivity contribution < 1.29 is 19.1 Å². The molecular weight excluding hydrogens is 256 g/mol. The maximum Gasteiger partial charge on any atom is 0.308 e. The van der Waals surface area contributed by atoms with E-state index in [4.69, 9.17) is 9.47 Å². The van der Waals surface area contributed by atoms with Crippen LogP contribution >= 0.6 is 0 Å². The third kappa shape index (κ3) is 12.0. The van der Waals surface area contributed by atoms with E-state index in [1.807, 2.05) is 0 Å². The molecule has 0 saturated carbocycles. The smallest absolute Gasteiger partial charge is 0.308 e. The van der Waals surface area contributed by atoms with Gasteiger partial charge in [-0.1, -0.05) is 52.4 Å². The monoisotopic (exact) mass is 286 g/mol. The van der Waals surface area contributed by atoms with E-state index in [1.54, 1.807) is 6.92 Å². The van der Waals surface area contributed by atoms with Crippen molar-refractivity contribution in [1.82, 2.24) is 0 Å². The van der Waals surface area contributed by atoms with Crippen LogP contribution in [-0.4, -0.2) is 18.2 Å². The average molecular weight is 286 g/mol. The lowest BCUT2D eigenvalue weighted by atomic mass is 10.1. The van der Waals surface area contributed by atoms with Gasteiger partial charge in [0.2, 0.25) is 6.29 Å². The topological polar surface area (TPSA) is 52.6 Å².